The Kier molecular flexibility index (Phi) is 4.62. The van der Waals surface area contributed by atoms with Crippen LogP contribution in [-0.2, 0) is 11.9 Å². The summed E-state index contributed by atoms with van der Waals surface area (Å²) >= 11 is 2.56. The van der Waals surface area contributed by atoms with Crippen LogP contribution >= 0.6 is 23.1 Å². The average molecular weight is 334 g/mol. The molecule has 0 spiro atoms. The Labute approximate surface area is 128 Å². The number of benzene rings is 1. The van der Waals surface area contributed by atoms with Gasteiger partial charge >= 0.3 is 6.18 Å². The summed E-state index contributed by atoms with van der Waals surface area (Å²) in [6.45, 7) is 0. The average Bonchev–Trinajstić information content (AvgIpc) is 2.85. The van der Waals surface area contributed by atoms with Gasteiger partial charge in [0.1, 0.15) is 0 Å². The van der Waals surface area contributed by atoms with E-state index in [9.17, 15) is 13.2 Å². The Hall–Kier alpha value is -1.48. The van der Waals surface area contributed by atoms with Crippen molar-refractivity contribution in [3.63, 3.8) is 0 Å². The first-order valence-electron chi connectivity index (χ1n) is 5.86. The van der Waals surface area contributed by atoms with Gasteiger partial charge in [0.05, 0.1) is 5.56 Å². The number of nitrogens with two attached hydrogens (primary N) is 1. The lowest BCUT2D eigenvalue weighted by Gasteiger charge is -2.12. The molecule has 0 saturated heterocycles. The molecule has 0 radical (unpaired) electrons. The number of nitrogens with zero attached hydrogens (tertiary/aromatic N) is 3. The van der Waals surface area contributed by atoms with Gasteiger partial charge in [0.15, 0.2) is 4.34 Å². The first kappa shape index (κ1) is 15.9. The van der Waals surface area contributed by atoms with Crippen molar-refractivity contribution >= 4 is 33.9 Å². The molecule has 0 aliphatic heterocycles. The molecular formula is C12H13F3N4S2. The number of hydrogen-bond acceptors (Lipinski definition) is 6. The highest BCUT2D eigenvalue weighted by atomic mass is 32.2. The highest BCUT2D eigenvalue weighted by Crippen LogP contribution is 2.37. The fourth-order valence-electron chi connectivity index (χ4n) is 1.56. The highest BCUT2D eigenvalue weighted by Gasteiger charge is 2.33. The van der Waals surface area contributed by atoms with Gasteiger partial charge in [0, 0.05) is 25.5 Å². The number of alkyl halides is 3. The van der Waals surface area contributed by atoms with Crippen LogP contribution in [0.3, 0.4) is 0 Å². The van der Waals surface area contributed by atoms with Crippen LogP contribution in [0.2, 0.25) is 0 Å². The minimum absolute atomic E-state index is 0.0990. The number of halogens is 3. The topological polar surface area (TPSA) is 55.0 Å². The van der Waals surface area contributed by atoms with Crippen LogP contribution in [0.25, 0.3) is 0 Å². The minimum atomic E-state index is -4.42. The zero-order valence-corrected chi connectivity index (χ0v) is 12.9. The van der Waals surface area contributed by atoms with Crippen molar-refractivity contribution in [2.24, 2.45) is 0 Å². The summed E-state index contributed by atoms with van der Waals surface area (Å²) in [5.74, 6) is 0.164. The van der Waals surface area contributed by atoms with Gasteiger partial charge in [0.25, 0.3) is 0 Å². The third kappa shape index (κ3) is 4.01. The van der Waals surface area contributed by atoms with E-state index in [1.807, 2.05) is 14.1 Å². The quantitative estimate of drug-likeness (QED) is 0.685. The molecular weight excluding hydrogens is 321 g/mol. The van der Waals surface area contributed by atoms with Crippen molar-refractivity contribution in [3.8, 4) is 0 Å². The summed E-state index contributed by atoms with van der Waals surface area (Å²) in [6, 6.07) is 3.83. The molecule has 0 atom stereocenters. The molecule has 4 nitrogen and oxygen atoms in total. The van der Waals surface area contributed by atoms with E-state index < -0.39 is 11.7 Å². The van der Waals surface area contributed by atoms with E-state index >= 15 is 0 Å². The largest absolute Gasteiger partial charge is 0.416 e. The molecule has 21 heavy (non-hydrogen) atoms. The normalized spacial score (nSPS) is 11.7. The van der Waals surface area contributed by atoms with Crippen molar-refractivity contribution in [2.45, 2.75) is 16.3 Å². The highest BCUT2D eigenvalue weighted by molar-refractivity contribution is 8.00. The molecule has 2 aromatic rings. The Balaban J connectivity index is 2.16. The minimum Gasteiger partial charge on any atom is -0.399 e. The van der Waals surface area contributed by atoms with Gasteiger partial charge in [0.2, 0.25) is 5.13 Å². The zero-order chi connectivity index (χ0) is 15.6. The SMILES string of the molecule is CN(C)c1nnc(SCc2ccc(N)cc2C(F)(F)F)s1. The summed E-state index contributed by atoms with van der Waals surface area (Å²) in [4.78, 5) is 1.80. The zero-order valence-electron chi connectivity index (χ0n) is 11.3. The lowest BCUT2D eigenvalue weighted by Crippen LogP contribution is -2.09. The number of hydrogen-bond donors (Lipinski definition) is 1. The number of anilines is 2. The molecule has 2 N–H and O–H groups in total. The maximum atomic E-state index is 13.0. The number of rotatable bonds is 4. The molecule has 0 aliphatic rings. The second-order valence-electron chi connectivity index (χ2n) is 4.45. The summed E-state index contributed by atoms with van der Waals surface area (Å²) < 4.78 is 39.5. The maximum absolute atomic E-state index is 13.0. The molecule has 0 aliphatic carbocycles. The van der Waals surface area contributed by atoms with Gasteiger partial charge in [-0.2, -0.15) is 13.2 Å². The smallest absolute Gasteiger partial charge is 0.399 e. The standard InChI is InChI=1S/C12H13F3N4S2/c1-19(2)10-17-18-11(21-10)20-6-7-3-4-8(16)5-9(7)12(13,14)15/h3-5H,6,16H2,1-2H3. The van der Waals surface area contributed by atoms with E-state index in [-0.39, 0.29) is 17.0 Å². The molecule has 1 aromatic heterocycles. The van der Waals surface area contributed by atoms with Crippen molar-refractivity contribution in [2.75, 3.05) is 24.7 Å². The van der Waals surface area contributed by atoms with Gasteiger partial charge in [-0.25, -0.2) is 0 Å². The van der Waals surface area contributed by atoms with Crippen LogP contribution in [0.15, 0.2) is 22.5 Å². The van der Waals surface area contributed by atoms with Crippen LogP contribution < -0.4 is 10.6 Å². The summed E-state index contributed by atoms with van der Waals surface area (Å²) in [6.07, 6.45) is -4.42. The molecule has 1 aromatic carbocycles. The fourth-order valence-corrected chi connectivity index (χ4v) is 3.33. The Morgan fingerprint density at radius 1 is 1.29 bits per heavy atom. The van der Waals surface area contributed by atoms with Crippen molar-refractivity contribution in [1.82, 2.24) is 10.2 Å². The number of nitrogen functional groups attached to an aromatic ring is 1. The monoisotopic (exact) mass is 334 g/mol. The van der Waals surface area contributed by atoms with Gasteiger partial charge < -0.3 is 10.6 Å². The lowest BCUT2D eigenvalue weighted by molar-refractivity contribution is -0.138. The first-order chi connectivity index (χ1) is 9.77. The van der Waals surface area contributed by atoms with Crippen LogP contribution in [0.4, 0.5) is 24.0 Å². The first-order valence-corrected chi connectivity index (χ1v) is 7.67. The van der Waals surface area contributed by atoms with Crippen molar-refractivity contribution in [1.29, 1.82) is 0 Å². The van der Waals surface area contributed by atoms with Crippen molar-refractivity contribution < 1.29 is 13.2 Å². The Morgan fingerprint density at radius 2 is 2.00 bits per heavy atom. The molecule has 2 rings (SSSR count). The fraction of sp³-hybridized carbons (Fsp3) is 0.333. The second-order valence-corrected chi connectivity index (χ2v) is 6.63. The third-order valence-corrected chi connectivity index (χ3v) is 4.84. The Bertz CT molecular complexity index is 625. The summed E-state index contributed by atoms with van der Waals surface area (Å²) in [5.41, 5.74) is 5.02. The van der Waals surface area contributed by atoms with Gasteiger partial charge in [-0.15, -0.1) is 10.2 Å². The predicted molar refractivity (Wildman–Crippen MR) is 79.7 cm³/mol. The Morgan fingerprint density at radius 3 is 2.57 bits per heavy atom. The van der Waals surface area contributed by atoms with Crippen LogP contribution in [0.1, 0.15) is 11.1 Å². The second kappa shape index (κ2) is 6.10. The molecule has 0 bridgehead atoms. The van der Waals surface area contributed by atoms with Gasteiger partial charge in [-0.3, -0.25) is 0 Å². The summed E-state index contributed by atoms with van der Waals surface area (Å²) in [7, 11) is 3.66. The van der Waals surface area contributed by atoms with E-state index in [0.29, 0.717) is 9.47 Å². The van der Waals surface area contributed by atoms with E-state index in [1.165, 1.54) is 35.2 Å². The van der Waals surface area contributed by atoms with E-state index in [1.54, 1.807) is 4.90 Å². The molecule has 0 unspecified atom stereocenters. The van der Waals surface area contributed by atoms with E-state index in [4.69, 9.17) is 5.73 Å². The van der Waals surface area contributed by atoms with Gasteiger partial charge in [-0.05, 0) is 17.7 Å². The number of aromatic nitrogens is 2. The van der Waals surface area contributed by atoms with E-state index in [0.717, 1.165) is 6.07 Å². The molecule has 1 heterocycles. The third-order valence-electron chi connectivity index (χ3n) is 2.57. The molecule has 9 heteroatoms. The lowest BCUT2D eigenvalue weighted by atomic mass is 10.1. The number of thioether (sulfide) groups is 1. The van der Waals surface area contributed by atoms with Crippen LogP contribution in [-0.4, -0.2) is 24.3 Å². The van der Waals surface area contributed by atoms with Gasteiger partial charge in [-0.1, -0.05) is 29.2 Å². The molecule has 0 saturated carbocycles. The van der Waals surface area contributed by atoms with Crippen LogP contribution in [0, 0.1) is 0 Å². The van der Waals surface area contributed by atoms with E-state index in [2.05, 4.69) is 10.2 Å². The van der Waals surface area contributed by atoms with Crippen LogP contribution in [0.5, 0.6) is 0 Å². The molecule has 0 amide bonds. The molecule has 114 valence electrons. The molecule has 0 fully saturated rings. The predicted octanol–water partition coefficient (Wildman–Crippen LogP) is 3.50. The van der Waals surface area contributed by atoms with Crippen molar-refractivity contribution in [3.05, 3.63) is 29.3 Å². The summed E-state index contributed by atoms with van der Waals surface area (Å²) in [5, 5.41) is 8.60. The maximum Gasteiger partial charge on any atom is 0.416 e.